The standard InChI is InChI=1S/C2HBr3Cl2/c3-1(4)2(5,6)7/h1H. The minimum Gasteiger partial charge on any atom is -0.0866 e. The molecule has 0 aliphatic rings. The highest BCUT2D eigenvalue weighted by Gasteiger charge is 2.26. The molecule has 0 aromatic rings. The van der Waals surface area contributed by atoms with Crippen LogP contribution in [0.15, 0.2) is 0 Å². The lowest BCUT2D eigenvalue weighted by molar-refractivity contribution is 1.30. The average molecular weight is 336 g/mol. The van der Waals surface area contributed by atoms with Gasteiger partial charge in [-0.2, -0.15) is 0 Å². The summed E-state index contributed by atoms with van der Waals surface area (Å²) < 4.78 is -1.04. The predicted molar refractivity (Wildman–Crippen MR) is 45.0 cm³/mol. The normalized spacial score (nSPS) is 12.9. The molecule has 5 heteroatoms. The second kappa shape index (κ2) is 3.25. The second-order valence-corrected chi connectivity index (χ2v) is 7.45. The van der Waals surface area contributed by atoms with Crippen LogP contribution in [0.25, 0.3) is 0 Å². The van der Waals surface area contributed by atoms with Crippen molar-refractivity contribution in [1.29, 1.82) is 0 Å². The maximum atomic E-state index is 5.46. The molecule has 0 N–H and O–H groups in total. The van der Waals surface area contributed by atoms with E-state index in [9.17, 15) is 0 Å². The second-order valence-electron chi connectivity index (χ2n) is 0.842. The Morgan fingerprint density at radius 2 is 1.43 bits per heavy atom. The largest absolute Gasteiger partial charge is 0.194 e. The molecule has 0 rings (SSSR count). The van der Waals surface area contributed by atoms with Gasteiger partial charge in [0.2, 0.25) is 0 Å². The molecule has 0 amide bonds. The maximum absolute atomic E-state index is 5.46. The van der Waals surface area contributed by atoms with Gasteiger partial charge in [-0.15, -0.1) is 0 Å². The van der Waals surface area contributed by atoms with E-state index in [2.05, 4.69) is 47.8 Å². The first kappa shape index (κ1) is 9.02. The van der Waals surface area contributed by atoms with Crippen LogP contribution < -0.4 is 0 Å². The Labute approximate surface area is 77.3 Å². The van der Waals surface area contributed by atoms with Gasteiger partial charge in [0.1, 0.15) is 3.74 Å². The van der Waals surface area contributed by atoms with E-state index in [1.165, 1.54) is 0 Å². The van der Waals surface area contributed by atoms with Crippen molar-refractivity contribution in [2.24, 2.45) is 0 Å². The van der Waals surface area contributed by atoms with Crippen molar-refractivity contribution in [1.82, 2.24) is 0 Å². The number of alkyl halides is 5. The number of hydrogen-bond acceptors (Lipinski definition) is 0. The Kier molecular flexibility index (Phi) is 4.19. The molecule has 0 aromatic heterocycles. The lowest BCUT2D eigenvalue weighted by Crippen LogP contribution is -2.09. The molecule has 44 valence electrons. The third-order valence-corrected chi connectivity index (χ3v) is 4.80. The number of hydrogen-bond donors (Lipinski definition) is 0. The quantitative estimate of drug-likeness (QED) is 0.642. The monoisotopic (exact) mass is 332 g/mol. The van der Waals surface area contributed by atoms with Crippen molar-refractivity contribution >= 4 is 71.0 Å². The molecule has 0 unspecified atom stereocenters. The molecule has 0 spiro atoms. The molecule has 0 nitrogen and oxygen atoms in total. The summed E-state index contributed by atoms with van der Waals surface area (Å²) in [6.45, 7) is 0. The Morgan fingerprint density at radius 1 is 1.29 bits per heavy atom. The molecule has 0 atom stereocenters. The van der Waals surface area contributed by atoms with E-state index in [1.54, 1.807) is 0 Å². The van der Waals surface area contributed by atoms with Crippen molar-refractivity contribution in [3.05, 3.63) is 0 Å². The lowest BCUT2D eigenvalue weighted by atomic mass is 10.9. The van der Waals surface area contributed by atoms with Gasteiger partial charge >= 0.3 is 0 Å². The molecule has 0 saturated carbocycles. The first-order valence-electron chi connectivity index (χ1n) is 1.29. The number of rotatable bonds is 1. The van der Waals surface area contributed by atoms with E-state index < -0.39 is 3.24 Å². The Balaban J connectivity index is 3.54. The fourth-order valence-electron chi connectivity index (χ4n) is 0. The van der Waals surface area contributed by atoms with Crippen LogP contribution in [0, 0.1) is 0 Å². The van der Waals surface area contributed by atoms with Crippen LogP contribution in [0.2, 0.25) is 0 Å². The molecule has 0 saturated heterocycles. The molecule has 0 heterocycles. The van der Waals surface area contributed by atoms with Crippen LogP contribution in [0.4, 0.5) is 0 Å². The topological polar surface area (TPSA) is 0 Å². The Hall–Kier alpha value is 2.02. The SMILES string of the molecule is ClC(Cl)(Br)C(Br)Br. The Bertz CT molecular complexity index is 56.4. The van der Waals surface area contributed by atoms with Crippen LogP contribution in [0.5, 0.6) is 0 Å². The van der Waals surface area contributed by atoms with Gasteiger partial charge in [0.25, 0.3) is 0 Å². The van der Waals surface area contributed by atoms with Crippen LogP contribution >= 0.6 is 71.0 Å². The van der Waals surface area contributed by atoms with Gasteiger partial charge in [0.05, 0.1) is 0 Å². The molecular formula is C2HBr3Cl2. The fourth-order valence-corrected chi connectivity index (χ4v) is 0. The minimum absolute atomic E-state index is 0.129. The van der Waals surface area contributed by atoms with E-state index in [1.807, 2.05) is 0 Å². The smallest absolute Gasteiger partial charge is 0.0866 e. The average Bonchev–Trinajstić information content (AvgIpc) is 1.31. The maximum Gasteiger partial charge on any atom is 0.194 e. The van der Waals surface area contributed by atoms with Gasteiger partial charge in [-0.25, -0.2) is 0 Å². The molecule has 0 bridgehead atoms. The third kappa shape index (κ3) is 4.52. The van der Waals surface area contributed by atoms with Crippen molar-refractivity contribution in [2.75, 3.05) is 0 Å². The van der Waals surface area contributed by atoms with E-state index in [4.69, 9.17) is 23.2 Å². The summed E-state index contributed by atoms with van der Waals surface area (Å²) in [5.41, 5.74) is 0. The van der Waals surface area contributed by atoms with Crippen LogP contribution in [-0.2, 0) is 0 Å². The third-order valence-electron chi connectivity index (χ3n) is 0.247. The van der Waals surface area contributed by atoms with E-state index in [0.717, 1.165) is 0 Å². The zero-order valence-corrected chi connectivity index (χ0v) is 9.24. The zero-order chi connectivity index (χ0) is 6.08. The fraction of sp³-hybridized carbons (Fsp3) is 1.00. The van der Waals surface area contributed by atoms with E-state index >= 15 is 0 Å². The van der Waals surface area contributed by atoms with Gasteiger partial charge in [-0.1, -0.05) is 55.1 Å². The van der Waals surface area contributed by atoms with Gasteiger partial charge in [0.15, 0.2) is 3.24 Å². The van der Waals surface area contributed by atoms with Crippen molar-refractivity contribution < 1.29 is 0 Å². The first-order valence-corrected chi connectivity index (χ1v) is 4.67. The van der Waals surface area contributed by atoms with Crippen LogP contribution in [0.1, 0.15) is 0 Å². The summed E-state index contributed by atoms with van der Waals surface area (Å²) in [5, 5.41) is 0. The summed E-state index contributed by atoms with van der Waals surface area (Å²) in [6.07, 6.45) is 0. The molecule has 0 fully saturated rings. The first-order chi connectivity index (χ1) is 2.94. The summed E-state index contributed by atoms with van der Waals surface area (Å²) in [5.74, 6) is 0. The van der Waals surface area contributed by atoms with Gasteiger partial charge in [0, 0.05) is 0 Å². The lowest BCUT2D eigenvalue weighted by Gasteiger charge is -2.10. The summed E-state index contributed by atoms with van der Waals surface area (Å²) in [7, 11) is 0. The van der Waals surface area contributed by atoms with Crippen LogP contribution in [0.3, 0.4) is 0 Å². The predicted octanol–water partition coefficient (Wildman–Crippen LogP) is 3.63. The highest BCUT2D eigenvalue weighted by atomic mass is 79.9. The van der Waals surface area contributed by atoms with E-state index in [-0.39, 0.29) is 3.74 Å². The molecule has 0 aliphatic carbocycles. The highest BCUT2D eigenvalue weighted by Crippen LogP contribution is 2.39. The molecule has 7 heavy (non-hydrogen) atoms. The molecule has 0 radical (unpaired) electrons. The molecule has 0 aliphatic heterocycles. The van der Waals surface area contributed by atoms with Gasteiger partial charge < -0.3 is 0 Å². The zero-order valence-electron chi connectivity index (χ0n) is 2.97. The van der Waals surface area contributed by atoms with Gasteiger partial charge in [-0.05, 0) is 15.9 Å². The molecular weight excluding hydrogens is 335 g/mol. The van der Waals surface area contributed by atoms with Gasteiger partial charge in [-0.3, -0.25) is 0 Å². The molecule has 0 aromatic carbocycles. The van der Waals surface area contributed by atoms with Crippen molar-refractivity contribution in [3.8, 4) is 0 Å². The summed E-state index contributed by atoms with van der Waals surface area (Å²) in [4.78, 5) is 0. The van der Waals surface area contributed by atoms with Crippen molar-refractivity contribution in [2.45, 2.75) is 6.98 Å². The highest BCUT2D eigenvalue weighted by molar-refractivity contribution is 9.25. The Morgan fingerprint density at radius 3 is 1.43 bits per heavy atom. The van der Waals surface area contributed by atoms with Crippen LogP contribution in [-0.4, -0.2) is 6.98 Å². The van der Waals surface area contributed by atoms with Crippen molar-refractivity contribution in [3.63, 3.8) is 0 Å². The summed E-state index contributed by atoms with van der Waals surface area (Å²) >= 11 is 20.1. The van der Waals surface area contributed by atoms with E-state index in [0.29, 0.717) is 0 Å². The summed E-state index contributed by atoms with van der Waals surface area (Å²) in [6, 6.07) is 0. The minimum atomic E-state index is -0.910. The number of halogens is 5.